The summed E-state index contributed by atoms with van der Waals surface area (Å²) < 4.78 is 5.60. The van der Waals surface area contributed by atoms with E-state index in [1.54, 1.807) is 24.4 Å². The Kier molecular flexibility index (Phi) is 5.17. The highest BCUT2D eigenvalue weighted by Crippen LogP contribution is 2.33. The number of hydrogen-bond acceptors (Lipinski definition) is 5. The first-order chi connectivity index (χ1) is 16.6. The number of fused-ring (bicyclic) bond motifs is 2. The Balaban J connectivity index is 1.15. The van der Waals surface area contributed by atoms with Crippen molar-refractivity contribution in [3.8, 4) is 0 Å². The highest BCUT2D eigenvalue weighted by molar-refractivity contribution is 6.22. The second-order valence-electron chi connectivity index (χ2n) is 9.33. The fraction of sp³-hybridized carbons (Fsp3) is 0.385. The number of amides is 3. The van der Waals surface area contributed by atoms with E-state index >= 15 is 0 Å². The van der Waals surface area contributed by atoms with Crippen LogP contribution in [0.15, 0.2) is 42.7 Å². The number of piperidine rings is 1. The van der Waals surface area contributed by atoms with Crippen LogP contribution in [-0.2, 0) is 4.74 Å². The topological polar surface area (TPSA) is 95.6 Å². The molecule has 1 unspecified atom stereocenters. The van der Waals surface area contributed by atoms with Gasteiger partial charge in [-0.25, -0.2) is 4.98 Å². The van der Waals surface area contributed by atoms with Gasteiger partial charge in [0.1, 0.15) is 5.65 Å². The van der Waals surface area contributed by atoms with Crippen molar-refractivity contribution in [2.75, 3.05) is 26.2 Å². The molecule has 0 radical (unpaired) electrons. The molecule has 0 spiro atoms. The summed E-state index contributed by atoms with van der Waals surface area (Å²) in [7, 11) is 0. The van der Waals surface area contributed by atoms with Crippen LogP contribution in [0.5, 0.6) is 0 Å². The Hall–Kier alpha value is -3.52. The summed E-state index contributed by atoms with van der Waals surface area (Å²) >= 11 is 0. The first kappa shape index (κ1) is 21.0. The number of aromatic amines is 1. The molecule has 3 amide bonds. The van der Waals surface area contributed by atoms with E-state index in [2.05, 4.69) is 16.0 Å². The lowest BCUT2D eigenvalue weighted by Crippen LogP contribution is -2.38. The van der Waals surface area contributed by atoms with E-state index in [-0.39, 0.29) is 30.4 Å². The van der Waals surface area contributed by atoms with Crippen LogP contribution in [0.3, 0.4) is 0 Å². The van der Waals surface area contributed by atoms with Gasteiger partial charge in [0.15, 0.2) is 0 Å². The zero-order valence-corrected chi connectivity index (χ0v) is 18.8. The number of rotatable bonds is 4. The maximum absolute atomic E-state index is 13.2. The lowest BCUT2D eigenvalue weighted by atomic mass is 9.89. The predicted molar refractivity (Wildman–Crippen MR) is 125 cm³/mol. The van der Waals surface area contributed by atoms with Crippen LogP contribution in [-0.4, -0.2) is 69.8 Å². The van der Waals surface area contributed by atoms with Crippen molar-refractivity contribution < 1.29 is 19.1 Å². The number of carbonyl (C=O) groups excluding carboxylic acids is 3. The number of nitrogens with one attached hydrogen (secondary N) is 1. The number of carbonyl (C=O) groups is 3. The van der Waals surface area contributed by atoms with Crippen molar-refractivity contribution in [3.05, 3.63) is 65.0 Å². The third-order valence-electron chi connectivity index (χ3n) is 7.33. The van der Waals surface area contributed by atoms with Gasteiger partial charge in [0.25, 0.3) is 17.7 Å². The molecule has 1 aromatic carbocycles. The average molecular weight is 459 g/mol. The third kappa shape index (κ3) is 3.49. The van der Waals surface area contributed by atoms with Crippen molar-refractivity contribution in [1.82, 2.24) is 19.8 Å². The normalized spacial score (nSPS) is 21.0. The minimum absolute atomic E-state index is 0.0975. The lowest BCUT2D eigenvalue weighted by molar-refractivity contribution is 0.0475. The number of pyridine rings is 1. The Bertz CT molecular complexity index is 1280. The molecule has 2 aromatic heterocycles. The number of ether oxygens (including phenoxy) is 1. The Morgan fingerprint density at radius 2 is 1.91 bits per heavy atom. The molecule has 0 aliphatic carbocycles. The van der Waals surface area contributed by atoms with Crippen molar-refractivity contribution >= 4 is 28.8 Å². The van der Waals surface area contributed by atoms with Gasteiger partial charge in [-0.05, 0) is 67.5 Å². The number of likely N-dealkylation sites (tertiary alicyclic amines) is 1. The van der Waals surface area contributed by atoms with Gasteiger partial charge in [0.2, 0.25) is 0 Å². The van der Waals surface area contributed by atoms with Crippen LogP contribution in [0.2, 0.25) is 0 Å². The summed E-state index contributed by atoms with van der Waals surface area (Å²) in [5.41, 5.74) is 3.28. The first-order valence-electron chi connectivity index (χ1n) is 11.9. The Labute approximate surface area is 196 Å². The van der Waals surface area contributed by atoms with Crippen molar-refractivity contribution in [2.45, 2.75) is 37.7 Å². The molecular formula is C26H26N4O4. The molecule has 8 nitrogen and oxygen atoms in total. The minimum atomic E-state index is -0.336. The zero-order valence-electron chi connectivity index (χ0n) is 18.8. The average Bonchev–Trinajstić information content (AvgIpc) is 3.60. The van der Waals surface area contributed by atoms with Crippen molar-refractivity contribution in [1.29, 1.82) is 0 Å². The van der Waals surface area contributed by atoms with E-state index in [1.807, 2.05) is 17.2 Å². The quantitative estimate of drug-likeness (QED) is 0.605. The third-order valence-corrected chi connectivity index (χ3v) is 7.33. The van der Waals surface area contributed by atoms with E-state index in [4.69, 9.17) is 4.74 Å². The van der Waals surface area contributed by atoms with Gasteiger partial charge in [0.05, 0.1) is 23.8 Å². The van der Waals surface area contributed by atoms with Gasteiger partial charge in [-0.1, -0.05) is 0 Å². The van der Waals surface area contributed by atoms with Crippen LogP contribution in [0, 0.1) is 0 Å². The molecule has 174 valence electrons. The summed E-state index contributed by atoms with van der Waals surface area (Å²) in [4.78, 5) is 49.7. The fourth-order valence-electron chi connectivity index (χ4n) is 5.47. The molecule has 1 atom stereocenters. The maximum Gasteiger partial charge on any atom is 0.261 e. The molecule has 0 bridgehead atoms. The summed E-state index contributed by atoms with van der Waals surface area (Å²) in [6, 6.07) is 8.89. The number of H-pyrrole nitrogens is 1. The molecule has 3 aromatic rings. The number of benzene rings is 1. The molecule has 6 rings (SSSR count). The second kappa shape index (κ2) is 8.36. The molecule has 3 aliphatic rings. The molecule has 8 heteroatoms. The minimum Gasteiger partial charge on any atom is -0.376 e. The first-order valence-corrected chi connectivity index (χ1v) is 11.9. The molecule has 0 saturated carbocycles. The standard InChI is InChI=1S/C26H26N4O4/c31-24(29-10-7-16(8-11-29)22-14-28-23-19(22)4-1-9-27-23)17-5-6-20-21(13-17)26(33)30(25(20)32)15-18-3-2-12-34-18/h1,4-6,9,13-14,16,18H,2-3,7-8,10-12,15H2,(H,27,28). The van der Waals surface area contributed by atoms with Gasteiger partial charge in [-0.3, -0.25) is 19.3 Å². The van der Waals surface area contributed by atoms with E-state index in [0.29, 0.717) is 42.3 Å². The Morgan fingerprint density at radius 1 is 1.09 bits per heavy atom. The lowest BCUT2D eigenvalue weighted by Gasteiger charge is -2.32. The second-order valence-corrected chi connectivity index (χ2v) is 9.33. The smallest absolute Gasteiger partial charge is 0.261 e. The molecule has 3 aliphatic heterocycles. The summed E-state index contributed by atoms with van der Waals surface area (Å²) in [6.07, 6.45) is 7.24. The van der Waals surface area contributed by atoms with E-state index in [0.717, 1.165) is 36.7 Å². The fourth-order valence-corrected chi connectivity index (χ4v) is 5.47. The summed E-state index contributed by atoms with van der Waals surface area (Å²) in [5.74, 6) is -0.368. The van der Waals surface area contributed by atoms with Gasteiger partial charge in [-0.2, -0.15) is 0 Å². The van der Waals surface area contributed by atoms with Crippen LogP contribution >= 0.6 is 0 Å². The van der Waals surface area contributed by atoms with Crippen LogP contribution in [0.1, 0.15) is 68.2 Å². The molecule has 2 fully saturated rings. The van der Waals surface area contributed by atoms with E-state index < -0.39 is 0 Å². The summed E-state index contributed by atoms with van der Waals surface area (Å²) in [5, 5.41) is 1.14. The molecule has 34 heavy (non-hydrogen) atoms. The Morgan fingerprint density at radius 3 is 2.71 bits per heavy atom. The largest absolute Gasteiger partial charge is 0.376 e. The van der Waals surface area contributed by atoms with Gasteiger partial charge in [0, 0.05) is 43.0 Å². The van der Waals surface area contributed by atoms with Crippen molar-refractivity contribution in [3.63, 3.8) is 0 Å². The monoisotopic (exact) mass is 458 g/mol. The van der Waals surface area contributed by atoms with Crippen LogP contribution in [0.25, 0.3) is 11.0 Å². The maximum atomic E-state index is 13.2. The highest BCUT2D eigenvalue weighted by Gasteiger charge is 2.38. The van der Waals surface area contributed by atoms with Gasteiger partial charge >= 0.3 is 0 Å². The van der Waals surface area contributed by atoms with Crippen LogP contribution in [0.4, 0.5) is 0 Å². The van der Waals surface area contributed by atoms with E-state index in [1.165, 1.54) is 10.5 Å². The molecule has 1 N–H and O–H groups in total. The number of imide groups is 1. The molecular weight excluding hydrogens is 432 g/mol. The zero-order chi connectivity index (χ0) is 23.2. The molecule has 2 saturated heterocycles. The van der Waals surface area contributed by atoms with Gasteiger partial charge < -0.3 is 14.6 Å². The predicted octanol–water partition coefficient (Wildman–Crippen LogP) is 3.36. The van der Waals surface area contributed by atoms with Gasteiger partial charge in [-0.15, -0.1) is 0 Å². The highest BCUT2D eigenvalue weighted by atomic mass is 16.5. The molecule has 5 heterocycles. The SMILES string of the molecule is O=C(c1ccc2c(c1)C(=O)N(CC1CCCO1)C2=O)N1CCC(c2c[nH]c3ncccc23)CC1. The number of nitrogens with zero attached hydrogens (tertiary/aromatic N) is 3. The van der Waals surface area contributed by atoms with Crippen molar-refractivity contribution in [2.24, 2.45) is 0 Å². The number of aromatic nitrogens is 2. The number of hydrogen-bond donors (Lipinski definition) is 1. The van der Waals surface area contributed by atoms with E-state index in [9.17, 15) is 14.4 Å². The summed E-state index contributed by atoms with van der Waals surface area (Å²) in [6.45, 7) is 2.23. The van der Waals surface area contributed by atoms with Crippen LogP contribution < -0.4 is 0 Å².